The molecule has 70 valence electrons. The molecule has 0 saturated heterocycles. The van der Waals surface area contributed by atoms with Crippen LogP contribution >= 0.6 is 0 Å². The molecule has 0 saturated carbocycles. The van der Waals surface area contributed by atoms with E-state index in [0.717, 1.165) is 6.54 Å². The second kappa shape index (κ2) is 3.02. The maximum absolute atomic E-state index is 4.64. The molecular weight excluding hydrogens is 160 g/mol. The molecule has 2 nitrogen and oxygen atoms in total. The van der Waals surface area contributed by atoms with Gasteiger partial charge in [-0.15, -0.1) is 0 Å². The zero-order chi connectivity index (χ0) is 9.42. The van der Waals surface area contributed by atoms with Crippen molar-refractivity contribution in [3.8, 4) is 0 Å². The Labute approximate surface area is 79.7 Å². The lowest BCUT2D eigenvalue weighted by molar-refractivity contribution is 0.550. The fourth-order valence-corrected chi connectivity index (χ4v) is 1.84. The first-order valence-electron chi connectivity index (χ1n) is 4.91. The predicted octanol–water partition coefficient (Wildman–Crippen LogP) is 2.20. The highest BCUT2D eigenvalue weighted by molar-refractivity contribution is 6.01. The van der Waals surface area contributed by atoms with Crippen molar-refractivity contribution in [2.24, 2.45) is 10.9 Å². The smallest absolute Gasteiger partial charge is 0.131 e. The standard InChI is InChI=1S/C11H16N2/c1-8(2)10-5-4-6-13-7-9(3)12-11(10)13/h4-6,8-9H,7H2,1-3H3. The largest absolute Gasteiger partial charge is 0.331 e. The molecule has 0 radical (unpaired) electrons. The van der Waals surface area contributed by atoms with Crippen LogP contribution in [-0.4, -0.2) is 23.3 Å². The van der Waals surface area contributed by atoms with Crippen molar-refractivity contribution >= 4 is 5.84 Å². The summed E-state index contributed by atoms with van der Waals surface area (Å²) in [6.45, 7) is 7.64. The molecule has 13 heavy (non-hydrogen) atoms. The van der Waals surface area contributed by atoms with Gasteiger partial charge in [-0.3, -0.25) is 4.99 Å². The van der Waals surface area contributed by atoms with Crippen LogP contribution in [0.3, 0.4) is 0 Å². The zero-order valence-electron chi connectivity index (χ0n) is 8.49. The van der Waals surface area contributed by atoms with Crippen LogP contribution in [0.5, 0.6) is 0 Å². The Morgan fingerprint density at radius 3 is 3.00 bits per heavy atom. The van der Waals surface area contributed by atoms with E-state index in [-0.39, 0.29) is 0 Å². The second-order valence-corrected chi connectivity index (χ2v) is 4.07. The van der Waals surface area contributed by atoms with Gasteiger partial charge in [0, 0.05) is 12.7 Å². The third kappa shape index (κ3) is 1.41. The molecule has 0 spiro atoms. The van der Waals surface area contributed by atoms with Gasteiger partial charge in [-0.2, -0.15) is 0 Å². The zero-order valence-corrected chi connectivity index (χ0v) is 8.49. The monoisotopic (exact) mass is 176 g/mol. The van der Waals surface area contributed by atoms with Gasteiger partial charge in [0.2, 0.25) is 0 Å². The molecule has 2 heteroatoms. The number of allylic oxidation sites excluding steroid dienone is 2. The summed E-state index contributed by atoms with van der Waals surface area (Å²) in [5.74, 6) is 1.75. The minimum absolute atomic E-state index is 0.444. The van der Waals surface area contributed by atoms with Gasteiger partial charge in [-0.05, 0) is 24.5 Å². The van der Waals surface area contributed by atoms with Crippen LogP contribution in [0.25, 0.3) is 0 Å². The van der Waals surface area contributed by atoms with E-state index < -0.39 is 0 Å². The summed E-state index contributed by atoms with van der Waals surface area (Å²) in [5, 5.41) is 0. The van der Waals surface area contributed by atoms with Crippen molar-refractivity contribution in [2.45, 2.75) is 26.8 Å². The number of aliphatic imine (C=N–C) groups is 1. The van der Waals surface area contributed by atoms with E-state index >= 15 is 0 Å². The summed E-state index contributed by atoms with van der Waals surface area (Å²) in [5.41, 5.74) is 1.37. The van der Waals surface area contributed by atoms with Gasteiger partial charge >= 0.3 is 0 Å². The number of hydrogen-bond donors (Lipinski definition) is 0. The van der Waals surface area contributed by atoms with Crippen LogP contribution in [0.4, 0.5) is 0 Å². The molecule has 0 aromatic carbocycles. The van der Waals surface area contributed by atoms with Crippen LogP contribution in [0, 0.1) is 5.92 Å². The average Bonchev–Trinajstić information content (AvgIpc) is 2.43. The van der Waals surface area contributed by atoms with E-state index in [9.17, 15) is 0 Å². The average molecular weight is 176 g/mol. The lowest BCUT2D eigenvalue weighted by Crippen LogP contribution is -2.27. The van der Waals surface area contributed by atoms with E-state index in [1.165, 1.54) is 11.4 Å². The van der Waals surface area contributed by atoms with Gasteiger partial charge in [0.25, 0.3) is 0 Å². The highest BCUT2D eigenvalue weighted by Crippen LogP contribution is 2.23. The van der Waals surface area contributed by atoms with E-state index in [2.05, 4.69) is 49.0 Å². The summed E-state index contributed by atoms with van der Waals surface area (Å²) in [7, 11) is 0. The molecule has 2 rings (SSSR count). The lowest BCUT2D eigenvalue weighted by Gasteiger charge is -2.23. The van der Waals surface area contributed by atoms with Crippen LogP contribution in [0.2, 0.25) is 0 Å². The van der Waals surface area contributed by atoms with Crippen molar-refractivity contribution in [2.75, 3.05) is 6.54 Å². The molecule has 1 unspecified atom stereocenters. The van der Waals surface area contributed by atoms with Gasteiger partial charge in [0.05, 0.1) is 6.04 Å². The lowest BCUT2D eigenvalue weighted by atomic mass is 10.00. The highest BCUT2D eigenvalue weighted by Gasteiger charge is 2.25. The first kappa shape index (κ1) is 8.54. The van der Waals surface area contributed by atoms with Crippen molar-refractivity contribution in [3.63, 3.8) is 0 Å². The van der Waals surface area contributed by atoms with E-state index in [4.69, 9.17) is 0 Å². The van der Waals surface area contributed by atoms with Gasteiger partial charge < -0.3 is 4.90 Å². The Morgan fingerprint density at radius 2 is 2.31 bits per heavy atom. The van der Waals surface area contributed by atoms with E-state index in [1.807, 2.05) is 0 Å². The normalized spacial score (nSPS) is 26.2. The Balaban J connectivity index is 2.33. The van der Waals surface area contributed by atoms with Crippen LogP contribution < -0.4 is 0 Å². The number of hydrogen-bond acceptors (Lipinski definition) is 2. The number of nitrogens with zero attached hydrogens (tertiary/aromatic N) is 2. The van der Waals surface area contributed by atoms with Crippen LogP contribution in [-0.2, 0) is 0 Å². The molecule has 0 aromatic rings. The van der Waals surface area contributed by atoms with Gasteiger partial charge in [0.15, 0.2) is 0 Å². The summed E-state index contributed by atoms with van der Waals surface area (Å²) >= 11 is 0. The fraction of sp³-hybridized carbons (Fsp3) is 0.545. The molecule has 2 aliphatic rings. The highest BCUT2D eigenvalue weighted by atomic mass is 15.2. The molecule has 0 amide bonds. The molecule has 0 fully saturated rings. The molecular formula is C11H16N2. The molecule has 0 aromatic heterocycles. The first-order chi connectivity index (χ1) is 6.18. The van der Waals surface area contributed by atoms with Crippen molar-refractivity contribution in [1.29, 1.82) is 0 Å². The van der Waals surface area contributed by atoms with Gasteiger partial charge in [0.1, 0.15) is 5.84 Å². The third-order valence-corrected chi connectivity index (χ3v) is 2.50. The Kier molecular flexibility index (Phi) is 1.98. The summed E-state index contributed by atoms with van der Waals surface area (Å²) in [4.78, 5) is 6.89. The first-order valence-corrected chi connectivity index (χ1v) is 4.91. The number of rotatable bonds is 1. The molecule has 1 atom stereocenters. The van der Waals surface area contributed by atoms with E-state index in [1.54, 1.807) is 0 Å². The molecule has 0 aliphatic carbocycles. The predicted molar refractivity (Wildman–Crippen MR) is 55.7 cm³/mol. The number of amidine groups is 1. The summed E-state index contributed by atoms with van der Waals surface area (Å²) in [6, 6.07) is 0.444. The summed E-state index contributed by atoms with van der Waals surface area (Å²) < 4.78 is 0. The Bertz CT molecular complexity index is 297. The quantitative estimate of drug-likeness (QED) is 0.598. The van der Waals surface area contributed by atoms with Crippen molar-refractivity contribution < 1.29 is 0 Å². The molecule has 2 heterocycles. The Morgan fingerprint density at radius 1 is 1.54 bits per heavy atom. The SMILES string of the molecule is CC1CN2C=CC=C(C(C)C)C2=N1. The van der Waals surface area contributed by atoms with Crippen molar-refractivity contribution in [3.05, 3.63) is 23.9 Å². The van der Waals surface area contributed by atoms with Gasteiger partial charge in [-0.25, -0.2) is 0 Å². The molecule has 0 bridgehead atoms. The van der Waals surface area contributed by atoms with Gasteiger partial charge in [-0.1, -0.05) is 19.9 Å². The van der Waals surface area contributed by atoms with E-state index in [0.29, 0.717) is 12.0 Å². The topological polar surface area (TPSA) is 15.6 Å². The van der Waals surface area contributed by atoms with Crippen molar-refractivity contribution in [1.82, 2.24) is 4.90 Å². The minimum Gasteiger partial charge on any atom is -0.331 e. The molecule has 0 N–H and O–H groups in total. The fourth-order valence-electron chi connectivity index (χ4n) is 1.84. The van der Waals surface area contributed by atoms with Crippen LogP contribution in [0.15, 0.2) is 28.9 Å². The summed E-state index contributed by atoms with van der Waals surface area (Å²) in [6.07, 6.45) is 6.42. The number of fused-ring (bicyclic) bond motifs is 1. The maximum Gasteiger partial charge on any atom is 0.131 e. The second-order valence-electron chi connectivity index (χ2n) is 4.07. The molecule has 2 aliphatic heterocycles. The Hall–Kier alpha value is -1.05. The third-order valence-electron chi connectivity index (χ3n) is 2.50. The maximum atomic E-state index is 4.64. The minimum atomic E-state index is 0.444. The van der Waals surface area contributed by atoms with Crippen LogP contribution in [0.1, 0.15) is 20.8 Å².